The van der Waals surface area contributed by atoms with Crippen LogP contribution in [0.15, 0.2) is 34.7 Å². The minimum Gasteiger partial charge on any atom is -0.472 e. The molecule has 1 N–H and O–H groups in total. The molecular weight excluding hydrogens is 288 g/mol. The number of ketones is 1. The zero-order chi connectivity index (χ0) is 16.7. The molecule has 2 aliphatic rings. The summed E-state index contributed by atoms with van der Waals surface area (Å²) in [6.07, 6.45) is 9.92. The molecule has 0 saturated heterocycles. The monoisotopic (exact) mass is 316 g/mol. The lowest BCUT2D eigenvalue weighted by atomic mass is 9.44. The molecule has 1 heterocycles. The van der Waals surface area contributed by atoms with E-state index in [0.29, 0.717) is 18.3 Å². The van der Waals surface area contributed by atoms with E-state index >= 15 is 0 Å². The number of hydrogen-bond acceptors (Lipinski definition) is 3. The van der Waals surface area contributed by atoms with Crippen LogP contribution >= 0.6 is 0 Å². The zero-order valence-electron chi connectivity index (χ0n) is 14.5. The third-order valence-corrected chi connectivity index (χ3v) is 6.94. The number of allylic oxidation sites excluding steroid dienone is 2. The predicted molar refractivity (Wildman–Crippen MR) is 89.9 cm³/mol. The minimum absolute atomic E-state index is 0.152. The van der Waals surface area contributed by atoms with Crippen molar-refractivity contribution in [3.8, 4) is 0 Å². The predicted octanol–water partition coefficient (Wildman–Crippen LogP) is 4.16. The first-order chi connectivity index (χ1) is 10.9. The normalized spacial score (nSPS) is 37.4. The molecule has 3 heteroatoms. The molecule has 0 amide bonds. The van der Waals surface area contributed by atoms with Crippen molar-refractivity contribution in [2.45, 2.75) is 52.9 Å². The van der Waals surface area contributed by atoms with E-state index in [9.17, 15) is 9.90 Å². The van der Waals surface area contributed by atoms with Crippen molar-refractivity contribution >= 4 is 5.78 Å². The molecule has 0 unspecified atom stereocenters. The van der Waals surface area contributed by atoms with Crippen LogP contribution in [0.3, 0.4) is 0 Å². The highest BCUT2D eigenvalue weighted by Crippen LogP contribution is 2.63. The van der Waals surface area contributed by atoms with Crippen LogP contribution in [-0.4, -0.2) is 17.5 Å². The Morgan fingerprint density at radius 2 is 2.17 bits per heavy atom. The summed E-state index contributed by atoms with van der Waals surface area (Å²) >= 11 is 0. The van der Waals surface area contributed by atoms with Crippen molar-refractivity contribution < 1.29 is 14.3 Å². The van der Waals surface area contributed by atoms with Crippen molar-refractivity contribution in [1.29, 1.82) is 0 Å². The number of carbonyl (C=O) groups excluding carboxylic acids is 1. The van der Waals surface area contributed by atoms with Gasteiger partial charge in [0.15, 0.2) is 5.78 Å². The molecule has 0 bridgehead atoms. The second-order valence-electron chi connectivity index (χ2n) is 7.93. The number of hydrogen-bond donors (Lipinski definition) is 1. The molecular formula is C20H28O3. The van der Waals surface area contributed by atoms with Crippen LogP contribution in [0.25, 0.3) is 0 Å². The zero-order valence-corrected chi connectivity index (χ0v) is 14.5. The van der Waals surface area contributed by atoms with Gasteiger partial charge in [-0.25, -0.2) is 0 Å². The highest BCUT2D eigenvalue weighted by Gasteiger charge is 2.58. The first-order valence-corrected chi connectivity index (χ1v) is 8.76. The Labute approximate surface area is 138 Å². The summed E-state index contributed by atoms with van der Waals surface area (Å²) in [6, 6.07) is 2.00. The van der Waals surface area contributed by atoms with Crippen LogP contribution in [0.4, 0.5) is 0 Å². The largest absolute Gasteiger partial charge is 0.472 e. The van der Waals surface area contributed by atoms with Crippen LogP contribution < -0.4 is 0 Å². The van der Waals surface area contributed by atoms with Gasteiger partial charge in [-0.05, 0) is 67.6 Å². The van der Waals surface area contributed by atoms with E-state index in [1.807, 2.05) is 12.1 Å². The first-order valence-electron chi connectivity index (χ1n) is 8.76. The Morgan fingerprint density at radius 3 is 2.83 bits per heavy atom. The Morgan fingerprint density at radius 1 is 1.39 bits per heavy atom. The maximum atomic E-state index is 12.3. The van der Waals surface area contributed by atoms with Gasteiger partial charge in [0, 0.05) is 18.4 Å². The maximum Gasteiger partial charge on any atom is 0.156 e. The Kier molecular flexibility index (Phi) is 4.26. The van der Waals surface area contributed by atoms with E-state index in [0.717, 1.165) is 25.7 Å². The van der Waals surface area contributed by atoms with Gasteiger partial charge in [0.05, 0.1) is 12.5 Å². The highest BCUT2D eigenvalue weighted by molar-refractivity contribution is 5.92. The quantitative estimate of drug-likeness (QED) is 0.907. The summed E-state index contributed by atoms with van der Waals surface area (Å²) in [6.45, 7) is 6.74. The molecule has 23 heavy (non-hydrogen) atoms. The number of aliphatic hydroxyl groups is 1. The molecule has 2 aliphatic carbocycles. The summed E-state index contributed by atoms with van der Waals surface area (Å²) < 4.78 is 5.19. The van der Waals surface area contributed by atoms with Gasteiger partial charge in [-0.2, -0.15) is 0 Å². The van der Waals surface area contributed by atoms with Crippen molar-refractivity contribution in [2.24, 2.45) is 22.7 Å². The molecule has 1 saturated carbocycles. The van der Waals surface area contributed by atoms with Crippen molar-refractivity contribution in [3.63, 3.8) is 0 Å². The van der Waals surface area contributed by atoms with Gasteiger partial charge in [-0.1, -0.05) is 19.4 Å². The van der Waals surface area contributed by atoms with Crippen molar-refractivity contribution in [3.05, 3.63) is 35.8 Å². The van der Waals surface area contributed by atoms with E-state index in [1.165, 1.54) is 11.1 Å². The van der Waals surface area contributed by atoms with Gasteiger partial charge in [0.25, 0.3) is 0 Å². The molecule has 0 aliphatic heterocycles. The third-order valence-electron chi connectivity index (χ3n) is 6.94. The fraction of sp³-hybridized carbons (Fsp3) is 0.650. The number of furan rings is 1. The van der Waals surface area contributed by atoms with Gasteiger partial charge < -0.3 is 9.52 Å². The van der Waals surface area contributed by atoms with Crippen molar-refractivity contribution in [1.82, 2.24) is 0 Å². The number of rotatable bonds is 4. The fourth-order valence-corrected chi connectivity index (χ4v) is 5.47. The molecule has 4 atom stereocenters. The molecule has 1 aromatic rings. The Hall–Kier alpha value is -1.35. The van der Waals surface area contributed by atoms with E-state index in [-0.39, 0.29) is 23.2 Å². The average molecular weight is 316 g/mol. The van der Waals surface area contributed by atoms with Gasteiger partial charge >= 0.3 is 0 Å². The van der Waals surface area contributed by atoms with Gasteiger partial charge in [-0.3, -0.25) is 4.79 Å². The lowest BCUT2D eigenvalue weighted by Gasteiger charge is -2.60. The SMILES string of the molecule is CC1=CC(=O)C[C@]2(C)[C@H]1CC[C@@H](C)[C@]2(CO)CCc1ccoc1. The molecule has 0 spiro atoms. The molecule has 3 rings (SSSR count). The topological polar surface area (TPSA) is 50.4 Å². The smallest absolute Gasteiger partial charge is 0.156 e. The van der Waals surface area contributed by atoms with Crippen LogP contribution in [0.2, 0.25) is 0 Å². The molecule has 126 valence electrons. The fourth-order valence-electron chi connectivity index (χ4n) is 5.47. The third kappa shape index (κ3) is 2.50. The molecule has 1 aromatic heterocycles. The van der Waals surface area contributed by atoms with E-state index in [1.54, 1.807) is 12.5 Å². The molecule has 0 radical (unpaired) electrons. The summed E-state index contributed by atoms with van der Waals surface area (Å²) in [5, 5.41) is 10.5. The van der Waals surface area contributed by atoms with E-state index in [2.05, 4.69) is 20.8 Å². The molecule has 3 nitrogen and oxygen atoms in total. The number of fused-ring (bicyclic) bond motifs is 1. The number of aliphatic hydroxyl groups excluding tert-OH is 1. The number of aryl methyl sites for hydroxylation is 1. The van der Waals surface area contributed by atoms with Crippen LogP contribution in [0.5, 0.6) is 0 Å². The Balaban J connectivity index is 1.97. The van der Waals surface area contributed by atoms with Gasteiger partial charge in [0.1, 0.15) is 0 Å². The van der Waals surface area contributed by atoms with Crippen LogP contribution in [-0.2, 0) is 11.2 Å². The standard InChI is InChI=1S/C20H28O3/c1-14-10-17(22)11-19(3)18(14)5-4-15(2)20(19,13-21)8-6-16-7-9-23-12-16/h7,9-10,12,15,18,21H,4-6,8,11,13H2,1-3H3/t15-,18+,19-,20-/m1/s1. The summed E-state index contributed by atoms with van der Waals surface area (Å²) in [5.41, 5.74) is 2.01. The summed E-state index contributed by atoms with van der Waals surface area (Å²) in [4.78, 5) is 12.3. The van der Waals surface area contributed by atoms with Crippen LogP contribution in [0, 0.1) is 22.7 Å². The second-order valence-corrected chi connectivity index (χ2v) is 7.93. The van der Waals surface area contributed by atoms with Crippen LogP contribution in [0.1, 0.15) is 52.0 Å². The summed E-state index contributed by atoms with van der Waals surface area (Å²) in [7, 11) is 0. The van der Waals surface area contributed by atoms with Gasteiger partial charge in [-0.15, -0.1) is 0 Å². The maximum absolute atomic E-state index is 12.3. The lowest BCUT2D eigenvalue weighted by molar-refractivity contribution is -0.142. The Bertz CT molecular complexity index is 600. The van der Waals surface area contributed by atoms with Crippen molar-refractivity contribution in [2.75, 3.05) is 6.61 Å². The van der Waals surface area contributed by atoms with Gasteiger partial charge in [0.2, 0.25) is 0 Å². The van der Waals surface area contributed by atoms with E-state index in [4.69, 9.17) is 4.42 Å². The first kappa shape index (κ1) is 16.5. The molecule has 1 fully saturated rings. The summed E-state index contributed by atoms with van der Waals surface area (Å²) in [5.74, 6) is 1.05. The lowest BCUT2D eigenvalue weighted by Crippen LogP contribution is -2.57. The average Bonchev–Trinajstić information content (AvgIpc) is 2.99. The molecule has 0 aromatic carbocycles. The second kappa shape index (κ2) is 5.94. The highest BCUT2D eigenvalue weighted by atomic mass is 16.3. The number of carbonyl (C=O) groups is 1. The van der Waals surface area contributed by atoms with E-state index < -0.39 is 0 Å². The minimum atomic E-state index is -0.210.